The first-order chi connectivity index (χ1) is 4.74. The standard InChI is InChI=1S/C8H8I2/c1-2-6-3-4-7(9)5-8(6)10/h3-5H,2H2,1H3. The molecule has 0 spiro atoms. The van der Waals surface area contributed by atoms with Crippen LogP contribution >= 0.6 is 45.2 Å². The molecule has 0 radical (unpaired) electrons. The smallest absolute Gasteiger partial charge is 0.0172 e. The van der Waals surface area contributed by atoms with E-state index in [-0.39, 0.29) is 0 Å². The molecule has 0 atom stereocenters. The lowest BCUT2D eigenvalue weighted by molar-refractivity contribution is 1.12. The van der Waals surface area contributed by atoms with E-state index in [0.717, 1.165) is 6.42 Å². The minimum absolute atomic E-state index is 1.13. The highest BCUT2D eigenvalue weighted by Gasteiger charge is 1.95. The molecule has 0 N–H and O–H groups in total. The number of hydrogen-bond acceptors (Lipinski definition) is 0. The molecule has 0 aliphatic carbocycles. The van der Waals surface area contributed by atoms with Gasteiger partial charge in [0.15, 0.2) is 0 Å². The van der Waals surface area contributed by atoms with Crippen LogP contribution in [0, 0.1) is 7.14 Å². The first-order valence-electron chi connectivity index (χ1n) is 3.18. The molecule has 0 unspecified atom stereocenters. The quantitative estimate of drug-likeness (QED) is 0.675. The molecule has 54 valence electrons. The molecule has 1 rings (SSSR count). The van der Waals surface area contributed by atoms with Gasteiger partial charge in [-0.05, 0) is 69.3 Å². The number of benzene rings is 1. The molecule has 10 heavy (non-hydrogen) atoms. The van der Waals surface area contributed by atoms with Gasteiger partial charge in [-0.2, -0.15) is 0 Å². The number of aryl methyl sites for hydroxylation is 1. The molecule has 0 heterocycles. The van der Waals surface area contributed by atoms with Crippen molar-refractivity contribution in [1.82, 2.24) is 0 Å². The molecule has 1 aromatic carbocycles. The van der Waals surface area contributed by atoms with Crippen molar-refractivity contribution in [3.05, 3.63) is 30.9 Å². The van der Waals surface area contributed by atoms with E-state index in [1.165, 1.54) is 12.7 Å². The van der Waals surface area contributed by atoms with Gasteiger partial charge in [0.25, 0.3) is 0 Å². The van der Waals surface area contributed by atoms with Crippen LogP contribution in [-0.2, 0) is 6.42 Å². The molecule has 1 aromatic rings. The first-order valence-corrected chi connectivity index (χ1v) is 5.33. The molecular weight excluding hydrogens is 350 g/mol. The Morgan fingerprint density at radius 2 is 2.00 bits per heavy atom. The molecule has 0 saturated heterocycles. The summed E-state index contributed by atoms with van der Waals surface area (Å²) in [5.41, 5.74) is 1.45. The summed E-state index contributed by atoms with van der Waals surface area (Å²) >= 11 is 4.71. The second kappa shape index (κ2) is 3.90. The highest BCUT2D eigenvalue weighted by molar-refractivity contribution is 14.1. The molecule has 0 bridgehead atoms. The largest absolute Gasteiger partial charge is 0.0613 e. The molecule has 0 nitrogen and oxygen atoms in total. The predicted molar refractivity (Wildman–Crippen MR) is 61.3 cm³/mol. The molecule has 0 amide bonds. The second-order valence-electron chi connectivity index (χ2n) is 2.09. The number of rotatable bonds is 1. The third-order valence-corrected chi connectivity index (χ3v) is 3.07. The van der Waals surface area contributed by atoms with Crippen LogP contribution in [0.5, 0.6) is 0 Å². The van der Waals surface area contributed by atoms with E-state index in [1.807, 2.05) is 0 Å². The Morgan fingerprint density at radius 1 is 1.30 bits per heavy atom. The third kappa shape index (κ3) is 2.08. The van der Waals surface area contributed by atoms with Crippen LogP contribution in [0.3, 0.4) is 0 Å². The van der Waals surface area contributed by atoms with Crippen molar-refractivity contribution in [3.8, 4) is 0 Å². The summed E-state index contributed by atoms with van der Waals surface area (Å²) in [6.45, 7) is 2.18. The Hall–Kier alpha value is 0.680. The minimum Gasteiger partial charge on any atom is -0.0613 e. The maximum atomic E-state index is 2.38. The maximum absolute atomic E-state index is 2.38. The van der Waals surface area contributed by atoms with Crippen LogP contribution in [0.2, 0.25) is 0 Å². The molecule has 0 saturated carbocycles. The molecular formula is C8H8I2. The van der Waals surface area contributed by atoms with Gasteiger partial charge in [-0.25, -0.2) is 0 Å². The van der Waals surface area contributed by atoms with Crippen molar-refractivity contribution in [1.29, 1.82) is 0 Å². The summed E-state index contributed by atoms with van der Waals surface area (Å²) in [6.07, 6.45) is 1.13. The van der Waals surface area contributed by atoms with E-state index in [2.05, 4.69) is 70.3 Å². The summed E-state index contributed by atoms with van der Waals surface area (Å²) in [5, 5.41) is 0. The Kier molecular flexibility index (Phi) is 3.42. The Bertz CT molecular complexity index is 231. The van der Waals surface area contributed by atoms with Crippen LogP contribution in [0.4, 0.5) is 0 Å². The lowest BCUT2D eigenvalue weighted by Crippen LogP contribution is -1.85. The van der Waals surface area contributed by atoms with E-state index < -0.39 is 0 Å². The van der Waals surface area contributed by atoms with Gasteiger partial charge in [0.1, 0.15) is 0 Å². The molecule has 0 fully saturated rings. The maximum Gasteiger partial charge on any atom is 0.0172 e. The molecule has 0 aliphatic heterocycles. The summed E-state index contributed by atoms with van der Waals surface area (Å²) in [7, 11) is 0. The van der Waals surface area contributed by atoms with E-state index in [0.29, 0.717) is 0 Å². The van der Waals surface area contributed by atoms with Crippen molar-refractivity contribution in [2.45, 2.75) is 13.3 Å². The summed E-state index contributed by atoms with van der Waals surface area (Å²) < 4.78 is 2.70. The Morgan fingerprint density at radius 3 is 2.50 bits per heavy atom. The summed E-state index contributed by atoms with van der Waals surface area (Å²) in [4.78, 5) is 0. The van der Waals surface area contributed by atoms with Gasteiger partial charge in [-0.1, -0.05) is 13.0 Å². The van der Waals surface area contributed by atoms with E-state index in [4.69, 9.17) is 0 Å². The van der Waals surface area contributed by atoms with Gasteiger partial charge >= 0.3 is 0 Å². The van der Waals surface area contributed by atoms with Gasteiger partial charge < -0.3 is 0 Å². The van der Waals surface area contributed by atoms with Crippen molar-refractivity contribution in [2.75, 3.05) is 0 Å². The van der Waals surface area contributed by atoms with E-state index in [1.54, 1.807) is 0 Å². The molecule has 2 heteroatoms. The van der Waals surface area contributed by atoms with Crippen LogP contribution < -0.4 is 0 Å². The number of halogens is 2. The van der Waals surface area contributed by atoms with Gasteiger partial charge in [0.2, 0.25) is 0 Å². The predicted octanol–water partition coefficient (Wildman–Crippen LogP) is 3.46. The van der Waals surface area contributed by atoms with Crippen LogP contribution in [0.1, 0.15) is 12.5 Å². The average Bonchev–Trinajstić information content (AvgIpc) is 1.88. The van der Waals surface area contributed by atoms with Crippen molar-refractivity contribution < 1.29 is 0 Å². The number of hydrogen-bond donors (Lipinski definition) is 0. The zero-order valence-corrected chi connectivity index (χ0v) is 10.0. The SMILES string of the molecule is CCc1ccc(I)cc1I. The van der Waals surface area contributed by atoms with E-state index >= 15 is 0 Å². The highest BCUT2D eigenvalue weighted by atomic mass is 127. The van der Waals surface area contributed by atoms with Crippen LogP contribution in [0.25, 0.3) is 0 Å². The Labute approximate surface area is 88.7 Å². The lowest BCUT2D eigenvalue weighted by Gasteiger charge is -1.99. The zero-order valence-electron chi connectivity index (χ0n) is 5.70. The molecule has 0 aliphatic rings. The molecule has 0 aromatic heterocycles. The third-order valence-electron chi connectivity index (χ3n) is 1.40. The summed E-state index contributed by atoms with van der Waals surface area (Å²) in [6, 6.07) is 6.56. The fourth-order valence-corrected chi connectivity index (χ4v) is 2.79. The van der Waals surface area contributed by atoms with Gasteiger partial charge in [-0.3, -0.25) is 0 Å². The minimum atomic E-state index is 1.13. The highest BCUT2D eigenvalue weighted by Crippen LogP contribution is 2.15. The zero-order chi connectivity index (χ0) is 7.56. The van der Waals surface area contributed by atoms with Gasteiger partial charge in [0, 0.05) is 7.14 Å². The van der Waals surface area contributed by atoms with E-state index in [9.17, 15) is 0 Å². The monoisotopic (exact) mass is 358 g/mol. The fourth-order valence-electron chi connectivity index (χ4n) is 0.808. The topological polar surface area (TPSA) is 0 Å². The van der Waals surface area contributed by atoms with Crippen molar-refractivity contribution in [3.63, 3.8) is 0 Å². The van der Waals surface area contributed by atoms with Crippen molar-refractivity contribution >= 4 is 45.2 Å². The Balaban J connectivity index is 3.07. The van der Waals surface area contributed by atoms with Gasteiger partial charge in [0.05, 0.1) is 0 Å². The fraction of sp³-hybridized carbons (Fsp3) is 0.250. The normalized spacial score (nSPS) is 9.90. The van der Waals surface area contributed by atoms with Crippen LogP contribution in [0.15, 0.2) is 18.2 Å². The second-order valence-corrected chi connectivity index (χ2v) is 4.50. The average molecular weight is 358 g/mol. The van der Waals surface area contributed by atoms with Crippen molar-refractivity contribution in [2.24, 2.45) is 0 Å². The van der Waals surface area contributed by atoms with Crippen LogP contribution in [-0.4, -0.2) is 0 Å². The summed E-state index contributed by atoms with van der Waals surface area (Å²) in [5.74, 6) is 0. The lowest BCUT2D eigenvalue weighted by atomic mass is 10.2. The van der Waals surface area contributed by atoms with Gasteiger partial charge in [-0.15, -0.1) is 0 Å². The first kappa shape index (κ1) is 8.77.